The van der Waals surface area contributed by atoms with Crippen LogP contribution in [0.5, 0.6) is 23.1 Å². The summed E-state index contributed by atoms with van der Waals surface area (Å²) < 4.78 is 50.4. The third-order valence-electron chi connectivity index (χ3n) is 3.79. The van der Waals surface area contributed by atoms with Gasteiger partial charge >= 0.3 is 6.18 Å². The van der Waals surface area contributed by atoms with Crippen molar-refractivity contribution >= 4 is 6.29 Å². The van der Waals surface area contributed by atoms with Crippen molar-refractivity contribution in [3.63, 3.8) is 0 Å². The molecule has 0 atom stereocenters. The summed E-state index contributed by atoms with van der Waals surface area (Å²) in [7, 11) is 1.66. The summed E-state index contributed by atoms with van der Waals surface area (Å²) in [6.45, 7) is 1.71. The molecule has 140 valence electrons. The van der Waals surface area contributed by atoms with Gasteiger partial charge in [-0.15, -0.1) is 0 Å². The van der Waals surface area contributed by atoms with Gasteiger partial charge in [-0.05, 0) is 55.5 Å². The van der Waals surface area contributed by atoms with E-state index in [1.165, 1.54) is 16.8 Å². The Hall–Kier alpha value is -3.29. The van der Waals surface area contributed by atoms with E-state index in [2.05, 4.69) is 5.10 Å². The monoisotopic (exact) mass is 376 g/mol. The molecule has 0 aliphatic rings. The highest BCUT2D eigenvalue weighted by Crippen LogP contribution is 2.32. The van der Waals surface area contributed by atoms with Gasteiger partial charge < -0.3 is 9.47 Å². The highest BCUT2D eigenvalue weighted by molar-refractivity contribution is 5.80. The molecule has 0 fully saturated rings. The van der Waals surface area contributed by atoms with Gasteiger partial charge in [-0.1, -0.05) is 0 Å². The number of ether oxygens (including phenoxy) is 2. The summed E-state index contributed by atoms with van der Waals surface area (Å²) in [5.74, 6) is 1.49. The lowest BCUT2D eigenvalue weighted by Crippen LogP contribution is -2.03. The fourth-order valence-corrected chi connectivity index (χ4v) is 2.45. The van der Waals surface area contributed by atoms with Crippen molar-refractivity contribution in [3.05, 3.63) is 65.4 Å². The lowest BCUT2D eigenvalue weighted by atomic mass is 10.2. The minimum atomic E-state index is -4.39. The number of aryl methyl sites for hydroxylation is 2. The Morgan fingerprint density at radius 2 is 1.41 bits per heavy atom. The van der Waals surface area contributed by atoms with Crippen LogP contribution in [0.2, 0.25) is 0 Å². The van der Waals surface area contributed by atoms with Gasteiger partial charge in [-0.3, -0.25) is 4.79 Å². The molecule has 2 aromatic carbocycles. The highest BCUT2D eigenvalue weighted by Gasteiger charge is 2.30. The van der Waals surface area contributed by atoms with Crippen molar-refractivity contribution in [1.82, 2.24) is 9.78 Å². The molecule has 1 heterocycles. The van der Waals surface area contributed by atoms with Crippen LogP contribution < -0.4 is 9.47 Å². The van der Waals surface area contributed by atoms with E-state index in [1.54, 1.807) is 38.2 Å². The normalized spacial score (nSPS) is 11.3. The summed E-state index contributed by atoms with van der Waals surface area (Å²) in [5.41, 5.74) is 0.184. The largest absolute Gasteiger partial charge is 0.457 e. The molecule has 0 amide bonds. The minimum absolute atomic E-state index is 0.280. The van der Waals surface area contributed by atoms with E-state index in [9.17, 15) is 18.0 Å². The maximum absolute atomic E-state index is 12.6. The number of hydrogen-bond donors (Lipinski definition) is 0. The number of aldehydes is 1. The zero-order valence-corrected chi connectivity index (χ0v) is 14.4. The highest BCUT2D eigenvalue weighted by atomic mass is 19.4. The molecular formula is C19H15F3N2O3. The molecule has 0 aliphatic heterocycles. The Bertz CT molecular complexity index is 946. The minimum Gasteiger partial charge on any atom is -0.457 e. The van der Waals surface area contributed by atoms with Gasteiger partial charge in [0.1, 0.15) is 17.2 Å². The van der Waals surface area contributed by atoms with Crippen LogP contribution in [0.1, 0.15) is 21.6 Å². The van der Waals surface area contributed by atoms with Gasteiger partial charge in [-0.25, -0.2) is 4.68 Å². The standard InChI is InChI=1S/C19H15F3N2O3/c1-12-17(11-25)18(24(2)23-12)27-16-9-7-15(8-10-16)26-14-5-3-13(4-6-14)19(20,21)22/h3-11H,1-2H3. The van der Waals surface area contributed by atoms with Crippen molar-refractivity contribution in [3.8, 4) is 23.1 Å². The van der Waals surface area contributed by atoms with Crippen LogP contribution in [-0.4, -0.2) is 16.1 Å². The molecule has 0 saturated heterocycles. The van der Waals surface area contributed by atoms with Crippen molar-refractivity contribution in [1.29, 1.82) is 0 Å². The Morgan fingerprint density at radius 3 is 1.89 bits per heavy atom. The molecule has 0 spiro atoms. The predicted molar refractivity (Wildman–Crippen MR) is 91.4 cm³/mol. The maximum atomic E-state index is 12.6. The van der Waals surface area contributed by atoms with Crippen LogP contribution in [0.15, 0.2) is 48.5 Å². The SMILES string of the molecule is Cc1nn(C)c(Oc2ccc(Oc3ccc(C(F)(F)F)cc3)cc2)c1C=O. The molecule has 5 nitrogen and oxygen atoms in total. The van der Waals surface area contributed by atoms with Crippen molar-refractivity contribution in [2.24, 2.45) is 7.05 Å². The van der Waals surface area contributed by atoms with Crippen molar-refractivity contribution in [2.45, 2.75) is 13.1 Å². The third kappa shape index (κ3) is 4.11. The molecule has 0 saturated carbocycles. The molecule has 3 aromatic rings. The fourth-order valence-electron chi connectivity index (χ4n) is 2.45. The van der Waals surface area contributed by atoms with Gasteiger partial charge in [0.05, 0.1) is 16.8 Å². The van der Waals surface area contributed by atoms with Crippen molar-refractivity contribution in [2.75, 3.05) is 0 Å². The van der Waals surface area contributed by atoms with Crippen LogP contribution in [0, 0.1) is 6.92 Å². The van der Waals surface area contributed by atoms with Gasteiger partial charge in [0, 0.05) is 7.05 Å². The smallest absolute Gasteiger partial charge is 0.416 e. The molecule has 0 unspecified atom stereocenters. The first-order valence-corrected chi connectivity index (χ1v) is 7.89. The molecule has 0 aliphatic carbocycles. The van der Waals surface area contributed by atoms with Crippen LogP contribution in [-0.2, 0) is 13.2 Å². The number of alkyl halides is 3. The van der Waals surface area contributed by atoms with E-state index in [-0.39, 0.29) is 5.75 Å². The third-order valence-corrected chi connectivity index (χ3v) is 3.79. The van der Waals surface area contributed by atoms with Crippen LogP contribution in [0.4, 0.5) is 13.2 Å². The number of hydrogen-bond acceptors (Lipinski definition) is 4. The average molecular weight is 376 g/mol. The molecule has 0 bridgehead atoms. The van der Waals surface area contributed by atoms with Crippen molar-refractivity contribution < 1.29 is 27.4 Å². The second-order valence-electron chi connectivity index (χ2n) is 5.74. The lowest BCUT2D eigenvalue weighted by Gasteiger charge is -2.10. The first-order valence-electron chi connectivity index (χ1n) is 7.89. The summed E-state index contributed by atoms with van der Waals surface area (Å²) in [6.07, 6.45) is -3.71. The number of aromatic nitrogens is 2. The zero-order valence-electron chi connectivity index (χ0n) is 14.4. The summed E-state index contributed by atoms with van der Waals surface area (Å²) in [4.78, 5) is 11.2. The summed E-state index contributed by atoms with van der Waals surface area (Å²) in [6, 6.07) is 10.9. The van der Waals surface area contributed by atoms with E-state index < -0.39 is 11.7 Å². The average Bonchev–Trinajstić information content (AvgIpc) is 2.89. The maximum Gasteiger partial charge on any atom is 0.416 e. The number of carbonyl (C=O) groups excluding carboxylic acids is 1. The predicted octanol–water partition coefficient (Wildman–Crippen LogP) is 5.14. The second-order valence-corrected chi connectivity index (χ2v) is 5.74. The van der Waals surface area contributed by atoms with Gasteiger partial charge in [0.25, 0.3) is 0 Å². The Labute approximate surface area is 152 Å². The lowest BCUT2D eigenvalue weighted by molar-refractivity contribution is -0.137. The first-order chi connectivity index (χ1) is 12.8. The number of nitrogens with zero attached hydrogens (tertiary/aromatic N) is 2. The number of halogens is 3. The number of benzene rings is 2. The number of rotatable bonds is 5. The first kappa shape index (κ1) is 18.5. The molecular weight excluding hydrogens is 361 g/mol. The van der Waals surface area contributed by atoms with E-state index in [1.807, 2.05) is 0 Å². The van der Waals surface area contributed by atoms with Crippen LogP contribution >= 0.6 is 0 Å². The molecule has 0 radical (unpaired) electrons. The Morgan fingerprint density at radius 1 is 0.926 bits per heavy atom. The van der Waals surface area contributed by atoms with E-state index in [4.69, 9.17) is 9.47 Å². The Balaban J connectivity index is 1.72. The Kier molecular flexibility index (Phi) is 4.89. The van der Waals surface area contributed by atoms with E-state index >= 15 is 0 Å². The van der Waals surface area contributed by atoms with Crippen LogP contribution in [0.25, 0.3) is 0 Å². The molecule has 8 heteroatoms. The van der Waals surface area contributed by atoms with E-state index in [0.29, 0.717) is 34.9 Å². The molecule has 3 rings (SSSR count). The molecule has 1 aromatic heterocycles. The van der Waals surface area contributed by atoms with Gasteiger partial charge in [0.15, 0.2) is 6.29 Å². The number of carbonyl (C=O) groups is 1. The molecule has 27 heavy (non-hydrogen) atoms. The van der Waals surface area contributed by atoms with Crippen LogP contribution in [0.3, 0.4) is 0 Å². The van der Waals surface area contributed by atoms with E-state index in [0.717, 1.165) is 12.1 Å². The zero-order chi connectivity index (χ0) is 19.6. The fraction of sp³-hybridized carbons (Fsp3) is 0.158. The molecule has 0 N–H and O–H groups in total. The summed E-state index contributed by atoms with van der Waals surface area (Å²) in [5, 5.41) is 4.13. The van der Waals surface area contributed by atoms with Gasteiger partial charge in [0.2, 0.25) is 5.88 Å². The quantitative estimate of drug-likeness (QED) is 0.578. The summed E-state index contributed by atoms with van der Waals surface area (Å²) >= 11 is 0. The van der Waals surface area contributed by atoms with Gasteiger partial charge in [-0.2, -0.15) is 18.3 Å². The topological polar surface area (TPSA) is 53.4 Å². The second kappa shape index (κ2) is 7.14.